The maximum Gasteiger partial charge on any atom is 0.246 e. The molecule has 0 bridgehead atoms. The summed E-state index contributed by atoms with van der Waals surface area (Å²) in [6.45, 7) is 7.32. The normalized spacial score (nSPS) is 18.4. The Morgan fingerprint density at radius 2 is 1.60 bits per heavy atom. The third-order valence-electron chi connectivity index (χ3n) is 5.60. The number of anilines is 2. The van der Waals surface area contributed by atoms with Crippen LogP contribution in [-0.2, 0) is 4.79 Å². The fourth-order valence-electron chi connectivity index (χ4n) is 3.80. The lowest BCUT2D eigenvalue weighted by Gasteiger charge is -2.36. The van der Waals surface area contributed by atoms with Crippen molar-refractivity contribution in [3.8, 4) is 0 Å². The second-order valence-electron chi connectivity index (χ2n) is 7.46. The summed E-state index contributed by atoms with van der Waals surface area (Å²) in [4.78, 5) is 20.8. The van der Waals surface area contributed by atoms with Gasteiger partial charge in [-0.25, -0.2) is 0 Å². The van der Waals surface area contributed by atoms with E-state index in [0.29, 0.717) is 18.8 Å². The largest absolute Gasteiger partial charge is 0.465 e. The highest BCUT2D eigenvalue weighted by atomic mass is 16.3. The summed E-state index contributed by atoms with van der Waals surface area (Å²) < 4.78 is 5.22. The Morgan fingerprint density at radius 1 is 0.967 bits per heavy atom. The first-order chi connectivity index (χ1) is 14.7. The number of carbonyl (C=O) groups is 1. The Bertz CT molecular complexity index is 823. The maximum absolute atomic E-state index is 12.3. The van der Waals surface area contributed by atoms with Crippen molar-refractivity contribution in [2.45, 2.75) is 0 Å². The number of rotatable bonds is 6. The topological polar surface area (TPSA) is 89.2 Å². The zero-order valence-electron chi connectivity index (χ0n) is 17.1. The van der Waals surface area contributed by atoms with E-state index in [-0.39, 0.29) is 12.5 Å². The molecule has 1 amide bonds. The van der Waals surface area contributed by atoms with Crippen molar-refractivity contribution in [2.24, 2.45) is 0 Å². The Kier molecular flexibility index (Phi) is 6.60. The highest BCUT2D eigenvalue weighted by molar-refractivity contribution is 5.91. The Hall–Kier alpha value is -2.91. The van der Waals surface area contributed by atoms with Crippen molar-refractivity contribution in [1.29, 1.82) is 0 Å². The van der Waals surface area contributed by atoms with Crippen molar-refractivity contribution in [1.82, 2.24) is 20.0 Å². The van der Waals surface area contributed by atoms with E-state index in [9.17, 15) is 4.79 Å². The smallest absolute Gasteiger partial charge is 0.246 e. The number of aromatic nitrogens is 2. The van der Waals surface area contributed by atoms with Gasteiger partial charge in [-0.05, 0) is 30.3 Å². The minimum absolute atomic E-state index is 0.00665. The molecular formula is C21H28N6O3. The lowest BCUT2D eigenvalue weighted by atomic mass is 10.2. The molecule has 2 aromatic heterocycles. The highest BCUT2D eigenvalue weighted by Crippen LogP contribution is 2.18. The molecule has 4 rings (SSSR count). The summed E-state index contributed by atoms with van der Waals surface area (Å²) in [7, 11) is 0. The van der Waals surface area contributed by atoms with E-state index in [1.165, 1.54) is 0 Å². The highest BCUT2D eigenvalue weighted by Gasteiger charge is 2.22. The number of furan rings is 1. The van der Waals surface area contributed by atoms with Crippen molar-refractivity contribution in [3.63, 3.8) is 0 Å². The van der Waals surface area contributed by atoms with Crippen LogP contribution in [0.4, 0.5) is 11.6 Å². The minimum atomic E-state index is -0.00665. The van der Waals surface area contributed by atoms with Crippen LogP contribution in [0.15, 0.2) is 41.0 Å². The molecule has 2 aliphatic rings. The molecule has 0 atom stereocenters. The van der Waals surface area contributed by atoms with Crippen LogP contribution < -0.4 is 9.80 Å². The summed E-state index contributed by atoms with van der Waals surface area (Å²) >= 11 is 0. The fourth-order valence-corrected chi connectivity index (χ4v) is 3.80. The van der Waals surface area contributed by atoms with Gasteiger partial charge in [0.15, 0.2) is 11.6 Å². The van der Waals surface area contributed by atoms with Gasteiger partial charge in [0.1, 0.15) is 5.76 Å². The molecule has 9 nitrogen and oxygen atoms in total. The summed E-state index contributed by atoms with van der Waals surface area (Å²) in [6, 6.07) is 7.65. The van der Waals surface area contributed by atoms with Crippen LogP contribution in [0.1, 0.15) is 5.76 Å². The second-order valence-corrected chi connectivity index (χ2v) is 7.46. The fraction of sp³-hybridized carbons (Fsp3) is 0.476. The molecule has 0 spiro atoms. The zero-order chi connectivity index (χ0) is 20.8. The Labute approximate surface area is 176 Å². The van der Waals surface area contributed by atoms with Crippen LogP contribution in [0.5, 0.6) is 0 Å². The molecule has 2 saturated heterocycles. The summed E-state index contributed by atoms with van der Waals surface area (Å²) in [5.74, 6) is 2.40. The first kappa shape index (κ1) is 20.4. The molecule has 0 aliphatic carbocycles. The molecule has 2 fully saturated rings. The molecule has 2 aliphatic heterocycles. The van der Waals surface area contributed by atoms with E-state index in [1.807, 2.05) is 23.1 Å². The number of amides is 1. The molecule has 9 heteroatoms. The average Bonchev–Trinajstić information content (AvgIpc) is 3.32. The van der Waals surface area contributed by atoms with E-state index in [1.54, 1.807) is 24.5 Å². The van der Waals surface area contributed by atoms with Gasteiger partial charge in [-0.15, -0.1) is 10.2 Å². The number of aliphatic hydroxyl groups excluding tert-OH is 1. The molecule has 2 aromatic rings. The minimum Gasteiger partial charge on any atom is -0.465 e. The Balaban J connectivity index is 1.26. The average molecular weight is 412 g/mol. The number of hydrogen-bond donors (Lipinski definition) is 1. The van der Waals surface area contributed by atoms with Crippen LogP contribution >= 0.6 is 0 Å². The van der Waals surface area contributed by atoms with Crippen molar-refractivity contribution < 1.29 is 14.3 Å². The van der Waals surface area contributed by atoms with Crippen LogP contribution in [0.25, 0.3) is 6.08 Å². The number of hydrogen-bond acceptors (Lipinski definition) is 8. The van der Waals surface area contributed by atoms with Crippen LogP contribution in [0.3, 0.4) is 0 Å². The second kappa shape index (κ2) is 9.73. The van der Waals surface area contributed by atoms with Gasteiger partial charge in [-0.3, -0.25) is 9.69 Å². The first-order valence-electron chi connectivity index (χ1n) is 10.4. The third-order valence-corrected chi connectivity index (χ3v) is 5.60. The van der Waals surface area contributed by atoms with Crippen LogP contribution in [0.2, 0.25) is 0 Å². The van der Waals surface area contributed by atoms with Crippen molar-refractivity contribution >= 4 is 23.6 Å². The zero-order valence-corrected chi connectivity index (χ0v) is 17.1. The molecule has 0 unspecified atom stereocenters. The SMILES string of the molecule is O=C(/C=C/c1ccco1)N1CCN(c2ccc(N3CCN(CCO)CC3)nn2)CC1. The van der Waals surface area contributed by atoms with Crippen molar-refractivity contribution in [2.75, 3.05) is 75.3 Å². The third kappa shape index (κ3) is 4.98. The van der Waals surface area contributed by atoms with Gasteiger partial charge < -0.3 is 24.2 Å². The quantitative estimate of drug-likeness (QED) is 0.688. The number of aliphatic hydroxyl groups is 1. The molecule has 0 saturated carbocycles. The van der Waals surface area contributed by atoms with Crippen molar-refractivity contribution in [3.05, 3.63) is 42.4 Å². The van der Waals surface area contributed by atoms with E-state index in [0.717, 1.165) is 57.4 Å². The molecule has 0 aromatic carbocycles. The van der Waals surface area contributed by atoms with E-state index < -0.39 is 0 Å². The van der Waals surface area contributed by atoms with E-state index >= 15 is 0 Å². The standard InChI is InChI=1S/C21H28N6O3/c28-16-15-24-7-9-25(10-8-24)19-4-5-20(23-22-19)26-11-13-27(14-12-26)21(29)6-3-18-2-1-17-30-18/h1-6,17,28H,7-16H2/b6-3+. The number of β-amino-alcohol motifs (C(OH)–C–C–N with tert-alkyl or cyclic N) is 1. The van der Waals surface area contributed by atoms with E-state index in [2.05, 4.69) is 24.9 Å². The van der Waals surface area contributed by atoms with Gasteiger partial charge in [-0.1, -0.05) is 0 Å². The van der Waals surface area contributed by atoms with Gasteiger partial charge >= 0.3 is 0 Å². The number of carbonyl (C=O) groups excluding carboxylic acids is 1. The Morgan fingerprint density at radius 3 is 2.13 bits per heavy atom. The van der Waals surface area contributed by atoms with Crippen LogP contribution in [-0.4, -0.2) is 96.5 Å². The summed E-state index contributed by atoms with van der Waals surface area (Å²) in [5.41, 5.74) is 0. The van der Waals surface area contributed by atoms with E-state index in [4.69, 9.17) is 9.52 Å². The molecule has 0 radical (unpaired) electrons. The number of nitrogens with zero attached hydrogens (tertiary/aromatic N) is 6. The first-order valence-corrected chi connectivity index (χ1v) is 10.4. The molecule has 30 heavy (non-hydrogen) atoms. The molecule has 1 N–H and O–H groups in total. The van der Waals surface area contributed by atoms with Gasteiger partial charge in [-0.2, -0.15) is 0 Å². The van der Waals surface area contributed by atoms with Gasteiger partial charge in [0.05, 0.1) is 12.9 Å². The maximum atomic E-state index is 12.3. The predicted molar refractivity (Wildman–Crippen MR) is 114 cm³/mol. The van der Waals surface area contributed by atoms with Gasteiger partial charge in [0, 0.05) is 65.0 Å². The molecule has 160 valence electrons. The van der Waals surface area contributed by atoms with Gasteiger partial charge in [0.2, 0.25) is 5.91 Å². The lowest BCUT2D eigenvalue weighted by Crippen LogP contribution is -2.49. The lowest BCUT2D eigenvalue weighted by molar-refractivity contribution is -0.126. The molecular weight excluding hydrogens is 384 g/mol. The van der Waals surface area contributed by atoms with Gasteiger partial charge in [0.25, 0.3) is 0 Å². The summed E-state index contributed by atoms with van der Waals surface area (Å²) in [6.07, 6.45) is 4.85. The number of piperazine rings is 2. The predicted octanol–water partition coefficient (Wildman–Crippen LogP) is 0.546. The monoisotopic (exact) mass is 412 g/mol. The van der Waals surface area contributed by atoms with Crippen LogP contribution in [0, 0.1) is 0 Å². The molecule has 4 heterocycles. The summed E-state index contributed by atoms with van der Waals surface area (Å²) in [5, 5.41) is 17.9.